The molecule has 20 heavy (non-hydrogen) atoms. The number of hydrogen-bond acceptors (Lipinski definition) is 2. The summed E-state index contributed by atoms with van der Waals surface area (Å²) in [5.41, 5.74) is 3.09. The van der Waals surface area contributed by atoms with Gasteiger partial charge in [0, 0.05) is 14.0 Å². The molecule has 0 fully saturated rings. The number of aliphatic hydroxyl groups excluding tert-OH is 1. The summed E-state index contributed by atoms with van der Waals surface area (Å²) in [6, 6.07) is 10.3. The fraction of sp³-hybridized carbons (Fsp3) is 0.529. The van der Waals surface area contributed by atoms with Gasteiger partial charge in [-0.05, 0) is 23.1 Å². The first-order chi connectivity index (χ1) is 9.52. The highest BCUT2D eigenvalue weighted by Gasteiger charge is 2.38. The highest BCUT2D eigenvalue weighted by Crippen LogP contribution is 2.43. The number of rotatable bonds is 6. The molecule has 1 aliphatic rings. The minimum atomic E-state index is -1.22. The van der Waals surface area contributed by atoms with Crippen LogP contribution < -0.4 is 0 Å². The highest BCUT2D eigenvalue weighted by molar-refractivity contribution is 6.77. The van der Waals surface area contributed by atoms with Gasteiger partial charge >= 0.3 is 0 Å². The van der Waals surface area contributed by atoms with E-state index in [9.17, 15) is 5.11 Å². The van der Waals surface area contributed by atoms with Gasteiger partial charge in [-0.25, -0.2) is 0 Å². The molecule has 1 N–H and O–H groups in total. The Kier molecular flexibility index (Phi) is 5.19. The van der Waals surface area contributed by atoms with E-state index >= 15 is 0 Å². The molecule has 0 spiro atoms. The zero-order chi connectivity index (χ0) is 14.6. The van der Waals surface area contributed by atoms with Crippen LogP contribution in [0.1, 0.15) is 12.0 Å². The number of ether oxygens (including phenoxy) is 1. The van der Waals surface area contributed by atoms with Crippen LogP contribution in [0.25, 0.3) is 0 Å². The van der Waals surface area contributed by atoms with Gasteiger partial charge in [0.05, 0.1) is 19.8 Å². The molecule has 1 aromatic rings. The number of benzene rings is 1. The molecule has 0 saturated heterocycles. The van der Waals surface area contributed by atoms with E-state index in [0.29, 0.717) is 18.1 Å². The monoisotopic (exact) mass is 290 g/mol. The lowest BCUT2D eigenvalue weighted by Gasteiger charge is -2.32. The maximum Gasteiger partial charge on any atom is 0.0717 e. The SMILES string of the molecule is C[Si](C)(C)[C@H]1CC=C(CO)[C@@H]1COCc1ccccc1. The van der Waals surface area contributed by atoms with Crippen molar-refractivity contribution in [3.05, 3.63) is 47.5 Å². The number of hydrogen-bond donors (Lipinski definition) is 1. The van der Waals surface area contributed by atoms with Crippen LogP contribution >= 0.6 is 0 Å². The summed E-state index contributed by atoms with van der Waals surface area (Å²) >= 11 is 0. The normalized spacial score (nSPS) is 22.9. The van der Waals surface area contributed by atoms with Gasteiger partial charge < -0.3 is 9.84 Å². The fourth-order valence-electron chi connectivity index (χ4n) is 3.09. The summed E-state index contributed by atoms with van der Waals surface area (Å²) in [5, 5.41) is 9.53. The van der Waals surface area contributed by atoms with E-state index in [0.717, 1.165) is 13.0 Å². The maximum atomic E-state index is 9.53. The largest absolute Gasteiger partial charge is 0.392 e. The van der Waals surface area contributed by atoms with Gasteiger partial charge in [0.15, 0.2) is 0 Å². The van der Waals surface area contributed by atoms with Crippen molar-refractivity contribution in [2.75, 3.05) is 13.2 Å². The van der Waals surface area contributed by atoms with Crippen molar-refractivity contribution >= 4 is 8.07 Å². The standard InChI is InChI=1S/C17H26O2Si/c1-20(2,3)17-10-9-15(11-18)16(17)13-19-12-14-7-5-4-6-8-14/h4-9,16-18H,10-13H2,1-3H3/t16-,17-/m0/s1. The summed E-state index contributed by atoms with van der Waals surface area (Å²) in [5.74, 6) is 0.412. The molecule has 0 aliphatic heterocycles. The Balaban J connectivity index is 1.93. The molecule has 0 aromatic heterocycles. The molecule has 2 nitrogen and oxygen atoms in total. The summed E-state index contributed by atoms with van der Waals surface area (Å²) in [6.07, 6.45) is 3.35. The maximum absolute atomic E-state index is 9.53. The molecule has 1 aromatic carbocycles. The van der Waals surface area contributed by atoms with Gasteiger partial charge in [0.25, 0.3) is 0 Å². The van der Waals surface area contributed by atoms with Gasteiger partial charge in [-0.1, -0.05) is 56.0 Å². The van der Waals surface area contributed by atoms with Crippen molar-refractivity contribution in [2.24, 2.45) is 5.92 Å². The van der Waals surface area contributed by atoms with Crippen LogP contribution in [0.3, 0.4) is 0 Å². The number of aliphatic hydroxyl groups is 1. The molecule has 2 rings (SSSR count). The van der Waals surface area contributed by atoms with E-state index in [2.05, 4.69) is 37.8 Å². The predicted octanol–water partition coefficient (Wildman–Crippen LogP) is 3.85. The Labute approximate surface area is 123 Å². The third-order valence-corrected chi connectivity index (χ3v) is 7.16. The van der Waals surface area contributed by atoms with Crippen LogP contribution in [0.2, 0.25) is 25.2 Å². The van der Waals surface area contributed by atoms with Crippen molar-refractivity contribution in [3.63, 3.8) is 0 Å². The first-order valence-electron chi connectivity index (χ1n) is 7.44. The van der Waals surface area contributed by atoms with Crippen molar-refractivity contribution in [1.29, 1.82) is 0 Å². The molecule has 0 radical (unpaired) electrons. The lowest BCUT2D eigenvalue weighted by Crippen LogP contribution is -2.34. The molecular formula is C17H26O2Si. The topological polar surface area (TPSA) is 29.5 Å². The average molecular weight is 290 g/mol. The van der Waals surface area contributed by atoms with Crippen molar-refractivity contribution in [2.45, 2.75) is 38.2 Å². The Bertz CT molecular complexity index is 448. The summed E-state index contributed by atoms with van der Waals surface area (Å²) in [4.78, 5) is 0. The van der Waals surface area contributed by atoms with Crippen LogP contribution in [0.5, 0.6) is 0 Å². The summed E-state index contributed by atoms with van der Waals surface area (Å²) < 4.78 is 5.93. The van der Waals surface area contributed by atoms with Gasteiger partial charge in [0.1, 0.15) is 0 Å². The highest BCUT2D eigenvalue weighted by atomic mass is 28.3. The second-order valence-corrected chi connectivity index (χ2v) is 12.2. The van der Waals surface area contributed by atoms with Crippen molar-refractivity contribution < 1.29 is 9.84 Å². The fourth-order valence-corrected chi connectivity index (χ4v) is 5.43. The minimum absolute atomic E-state index is 0.181. The minimum Gasteiger partial charge on any atom is -0.392 e. The molecule has 0 heterocycles. The number of allylic oxidation sites excluding steroid dienone is 1. The zero-order valence-corrected chi connectivity index (χ0v) is 13.8. The van der Waals surface area contributed by atoms with E-state index in [4.69, 9.17) is 4.74 Å². The Morgan fingerprint density at radius 2 is 1.90 bits per heavy atom. The van der Waals surface area contributed by atoms with Crippen LogP contribution in [0.4, 0.5) is 0 Å². The predicted molar refractivity (Wildman–Crippen MR) is 86.5 cm³/mol. The van der Waals surface area contributed by atoms with Gasteiger partial charge in [-0.2, -0.15) is 0 Å². The van der Waals surface area contributed by atoms with Crippen LogP contribution in [0.15, 0.2) is 42.0 Å². The third kappa shape index (κ3) is 3.81. The van der Waals surface area contributed by atoms with Crippen molar-refractivity contribution in [3.8, 4) is 0 Å². The molecule has 110 valence electrons. The van der Waals surface area contributed by atoms with E-state index in [1.54, 1.807) is 0 Å². The quantitative estimate of drug-likeness (QED) is 0.637. The molecule has 0 amide bonds. The van der Waals surface area contributed by atoms with E-state index in [-0.39, 0.29) is 6.61 Å². The molecule has 3 heteroatoms. The lowest BCUT2D eigenvalue weighted by atomic mass is 10.0. The van der Waals surface area contributed by atoms with E-state index < -0.39 is 8.07 Å². The van der Waals surface area contributed by atoms with Gasteiger partial charge in [-0.15, -0.1) is 0 Å². The van der Waals surface area contributed by atoms with Gasteiger partial charge in [0.2, 0.25) is 0 Å². The van der Waals surface area contributed by atoms with E-state index in [1.165, 1.54) is 11.1 Å². The third-order valence-electron chi connectivity index (χ3n) is 4.30. The average Bonchev–Trinajstić information content (AvgIpc) is 2.83. The van der Waals surface area contributed by atoms with Crippen LogP contribution in [-0.4, -0.2) is 26.4 Å². The first-order valence-corrected chi connectivity index (χ1v) is 11.0. The Hall–Kier alpha value is -0.903. The molecule has 2 atom stereocenters. The summed E-state index contributed by atoms with van der Waals surface area (Å²) in [6.45, 7) is 8.81. The summed E-state index contributed by atoms with van der Waals surface area (Å²) in [7, 11) is -1.22. The molecule has 0 unspecified atom stereocenters. The first kappa shape index (κ1) is 15.5. The van der Waals surface area contributed by atoms with Crippen molar-refractivity contribution in [1.82, 2.24) is 0 Å². The second kappa shape index (κ2) is 6.70. The molecular weight excluding hydrogens is 264 g/mol. The second-order valence-electron chi connectivity index (χ2n) is 6.75. The smallest absolute Gasteiger partial charge is 0.0717 e. The molecule has 1 aliphatic carbocycles. The molecule has 0 bridgehead atoms. The Morgan fingerprint density at radius 3 is 2.50 bits per heavy atom. The zero-order valence-electron chi connectivity index (χ0n) is 12.8. The van der Waals surface area contributed by atoms with Crippen LogP contribution in [0, 0.1) is 5.92 Å². The van der Waals surface area contributed by atoms with Crippen LogP contribution in [-0.2, 0) is 11.3 Å². The van der Waals surface area contributed by atoms with E-state index in [1.807, 2.05) is 18.2 Å². The lowest BCUT2D eigenvalue weighted by molar-refractivity contribution is 0.0931. The Morgan fingerprint density at radius 1 is 1.20 bits per heavy atom. The molecule has 0 saturated carbocycles. The van der Waals surface area contributed by atoms with Gasteiger partial charge in [-0.3, -0.25) is 0 Å².